The van der Waals surface area contributed by atoms with Crippen LogP contribution in [0.5, 0.6) is 5.75 Å². The summed E-state index contributed by atoms with van der Waals surface area (Å²) in [4.78, 5) is 12.6. The molecule has 2 aromatic rings. The average Bonchev–Trinajstić information content (AvgIpc) is 2.57. The van der Waals surface area contributed by atoms with Gasteiger partial charge in [-0.2, -0.15) is 0 Å². The van der Waals surface area contributed by atoms with E-state index in [9.17, 15) is 4.79 Å². The molecule has 0 fully saturated rings. The maximum atomic E-state index is 12.6. The minimum absolute atomic E-state index is 0. The number of fused-ring (bicyclic) bond motifs is 1. The second kappa shape index (κ2) is 9.38. The van der Waals surface area contributed by atoms with E-state index in [1.165, 1.54) is 0 Å². The van der Waals surface area contributed by atoms with Crippen molar-refractivity contribution in [1.29, 1.82) is 0 Å². The summed E-state index contributed by atoms with van der Waals surface area (Å²) >= 11 is 0. The smallest absolute Gasteiger partial charge is 0.252 e. The maximum Gasteiger partial charge on any atom is 0.252 e. The molecule has 2 aromatic carbocycles. The van der Waals surface area contributed by atoms with E-state index in [1.54, 1.807) is 7.11 Å². The standard InChI is InChI=1S/C18H24N2O2.ClH/c1-3-4-7-13(12-19)20-18(21)16-10-11-17(22-2)15-9-6-5-8-14(15)16;/h5-6,8-11,13H,3-4,7,12,19H2,1-2H3,(H,20,21);1H. The molecule has 3 N–H and O–H groups in total. The zero-order valence-corrected chi connectivity index (χ0v) is 14.5. The minimum Gasteiger partial charge on any atom is -0.496 e. The molecule has 0 aliphatic rings. The van der Waals surface area contributed by atoms with Crippen LogP contribution in [0.1, 0.15) is 36.5 Å². The van der Waals surface area contributed by atoms with Crippen LogP contribution in [0.4, 0.5) is 0 Å². The fourth-order valence-corrected chi connectivity index (χ4v) is 2.61. The third-order valence-electron chi connectivity index (χ3n) is 3.87. The Kier molecular flexibility index (Phi) is 7.86. The van der Waals surface area contributed by atoms with Gasteiger partial charge in [-0.05, 0) is 23.9 Å². The Hall–Kier alpha value is -1.78. The number of hydrogen-bond donors (Lipinski definition) is 2. The summed E-state index contributed by atoms with van der Waals surface area (Å²) in [6.07, 6.45) is 3.07. The van der Waals surface area contributed by atoms with E-state index in [1.807, 2.05) is 36.4 Å². The summed E-state index contributed by atoms with van der Waals surface area (Å²) in [6, 6.07) is 11.4. The van der Waals surface area contributed by atoms with Crippen molar-refractivity contribution in [3.63, 3.8) is 0 Å². The number of hydrogen-bond acceptors (Lipinski definition) is 3. The summed E-state index contributed by atoms with van der Waals surface area (Å²) in [6.45, 7) is 2.59. The Bertz CT molecular complexity index is 646. The van der Waals surface area contributed by atoms with Crippen LogP contribution >= 0.6 is 12.4 Å². The van der Waals surface area contributed by atoms with Crippen molar-refractivity contribution in [1.82, 2.24) is 5.32 Å². The molecule has 2 rings (SSSR count). The Labute approximate surface area is 143 Å². The zero-order valence-electron chi connectivity index (χ0n) is 13.7. The number of rotatable bonds is 7. The molecule has 1 atom stereocenters. The molecule has 0 spiro atoms. The van der Waals surface area contributed by atoms with Crippen molar-refractivity contribution in [2.75, 3.05) is 13.7 Å². The molecule has 5 heteroatoms. The Balaban J connectivity index is 0.00000264. The second-order valence-electron chi connectivity index (χ2n) is 5.41. The molecule has 0 radical (unpaired) electrons. The number of benzene rings is 2. The molecule has 0 saturated carbocycles. The SMILES string of the molecule is CCCCC(CN)NC(=O)c1ccc(OC)c2ccccc12.Cl. The first-order chi connectivity index (χ1) is 10.7. The molecule has 1 unspecified atom stereocenters. The van der Waals surface area contributed by atoms with Gasteiger partial charge in [0, 0.05) is 23.5 Å². The van der Waals surface area contributed by atoms with Gasteiger partial charge in [-0.25, -0.2) is 0 Å². The maximum absolute atomic E-state index is 12.6. The first kappa shape index (κ1) is 19.3. The monoisotopic (exact) mass is 336 g/mol. The molecule has 0 aromatic heterocycles. The molecular weight excluding hydrogens is 312 g/mol. The first-order valence-electron chi connectivity index (χ1n) is 7.78. The molecule has 0 saturated heterocycles. The number of ether oxygens (including phenoxy) is 1. The highest BCUT2D eigenvalue weighted by atomic mass is 35.5. The van der Waals surface area contributed by atoms with E-state index in [2.05, 4.69) is 12.2 Å². The number of nitrogens with two attached hydrogens (primary N) is 1. The molecule has 23 heavy (non-hydrogen) atoms. The van der Waals surface area contributed by atoms with Crippen molar-refractivity contribution in [3.05, 3.63) is 42.0 Å². The number of carbonyl (C=O) groups excluding carboxylic acids is 1. The van der Waals surface area contributed by atoms with Gasteiger partial charge in [0.15, 0.2) is 0 Å². The van der Waals surface area contributed by atoms with Crippen molar-refractivity contribution in [3.8, 4) is 5.75 Å². The van der Waals surface area contributed by atoms with Gasteiger partial charge in [0.05, 0.1) is 7.11 Å². The predicted molar refractivity (Wildman–Crippen MR) is 97.6 cm³/mol. The first-order valence-corrected chi connectivity index (χ1v) is 7.78. The van der Waals surface area contributed by atoms with Gasteiger partial charge in [0.1, 0.15) is 5.75 Å². The summed E-state index contributed by atoms with van der Waals surface area (Å²) < 4.78 is 5.37. The van der Waals surface area contributed by atoms with Crippen molar-refractivity contribution >= 4 is 29.1 Å². The topological polar surface area (TPSA) is 64.3 Å². The number of amides is 1. The van der Waals surface area contributed by atoms with Gasteiger partial charge in [-0.3, -0.25) is 4.79 Å². The van der Waals surface area contributed by atoms with Crippen LogP contribution in [0, 0.1) is 0 Å². The summed E-state index contributed by atoms with van der Waals surface area (Å²) in [5, 5.41) is 4.88. The Morgan fingerprint density at radius 3 is 2.52 bits per heavy atom. The van der Waals surface area contributed by atoms with Gasteiger partial charge in [-0.1, -0.05) is 44.0 Å². The van der Waals surface area contributed by atoms with Crippen molar-refractivity contribution in [2.24, 2.45) is 5.73 Å². The molecule has 0 heterocycles. The van der Waals surface area contributed by atoms with Crippen LogP contribution in [-0.4, -0.2) is 25.6 Å². The van der Waals surface area contributed by atoms with E-state index in [-0.39, 0.29) is 24.4 Å². The van der Waals surface area contributed by atoms with Gasteiger partial charge >= 0.3 is 0 Å². The Morgan fingerprint density at radius 2 is 1.91 bits per heavy atom. The van der Waals surface area contributed by atoms with E-state index in [0.717, 1.165) is 35.8 Å². The summed E-state index contributed by atoms with van der Waals surface area (Å²) in [5.74, 6) is 0.693. The Morgan fingerprint density at radius 1 is 1.22 bits per heavy atom. The lowest BCUT2D eigenvalue weighted by Gasteiger charge is -2.17. The number of halogens is 1. The van der Waals surface area contributed by atoms with Crippen molar-refractivity contribution in [2.45, 2.75) is 32.2 Å². The highest BCUT2D eigenvalue weighted by Crippen LogP contribution is 2.28. The largest absolute Gasteiger partial charge is 0.496 e. The van der Waals surface area contributed by atoms with Crippen LogP contribution in [0.25, 0.3) is 10.8 Å². The van der Waals surface area contributed by atoms with E-state index in [4.69, 9.17) is 10.5 Å². The third kappa shape index (κ3) is 4.60. The van der Waals surface area contributed by atoms with Gasteiger partial charge in [0.2, 0.25) is 0 Å². The van der Waals surface area contributed by atoms with Crippen molar-refractivity contribution < 1.29 is 9.53 Å². The molecule has 4 nitrogen and oxygen atoms in total. The van der Waals surface area contributed by atoms with Crippen LogP contribution < -0.4 is 15.8 Å². The predicted octanol–water partition coefficient (Wildman–Crippen LogP) is 3.52. The van der Waals surface area contributed by atoms with Crippen LogP contribution in [0.3, 0.4) is 0 Å². The number of unbranched alkanes of at least 4 members (excludes halogenated alkanes) is 1. The molecule has 0 bridgehead atoms. The van der Waals surface area contributed by atoms with Crippen LogP contribution in [-0.2, 0) is 0 Å². The lowest BCUT2D eigenvalue weighted by Crippen LogP contribution is -2.40. The van der Waals surface area contributed by atoms with Gasteiger partial charge in [0.25, 0.3) is 5.91 Å². The third-order valence-corrected chi connectivity index (χ3v) is 3.87. The zero-order chi connectivity index (χ0) is 15.9. The number of carbonyl (C=O) groups is 1. The highest BCUT2D eigenvalue weighted by Gasteiger charge is 2.15. The van der Waals surface area contributed by atoms with E-state index < -0.39 is 0 Å². The lowest BCUT2D eigenvalue weighted by molar-refractivity contribution is 0.0937. The molecule has 1 amide bonds. The fourth-order valence-electron chi connectivity index (χ4n) is 2.61. The minimum atomic E-state index is -0.0783. The average molecular weight is 337 g/mol. The van der Waals surface area contributed by atoms with Gasteiger partial charge < -0.3 is 15.8 Å². The number of nitrogens with one attached hydrogen (secondary N) is 1. The molecule has 0 aliphatic carbocycles. The number of methoxy groups -OCH3 is 1. The second-order valence-corrected chi connectivity index (χ2v) is 5.41. The van der Waals surface area contributed by atoms with Crippen LogP contribution in [0.2, 0.25) is 0 Å². The molecular formula is C18H25ClN2O2. The fraction of sp³-hybridized carbons (Fsp3) is 0.389. The van der Waals surface area contributed by atoms with E-state index in [0.29, 0.717) is 12.1 Å². The quantitative estimate of drug-likeness (QED) is 0.813. The summed E-state index contributed by atoms with van der Waals surface area (Å²) in [7, 11) is 1.64. The lowest BCUT2D eigenvalue weighted by atomic mass is 10.0. The molecule has 126 valence electrons. The normalized spacial score (nSPS) is 11.6. The highest BCUT2D eigenvalue weighted by molar-refractivity contribution is 6.08. The van der Waals surface area contributed by atoms with Crippen LogP contribution in [0.15, 0.2) is 36.4 Å². The summed E-state index contributed by atoms with van der Waals surface area (Å²) in [5.41, 5.74) is 6.42. The van der Waals surface area contributed by atoms with E-state index >= 15 is 0 Å². The molecule has 0 aliphatic heterocycles. The van der Waals surface area contributed by atoms with Gasteiger partial charge in [-0.15, -0.1) is 12.4 Å².